The SMILES string of the molecule is CC(C)c1ccc(C2CCCN2C(=O)NCCCC(=O)O)cc1. The molecule has 1 aliphatic rings. The first-order valence-corrected chi connectivity index (χ1v) is 8.35. The zero-order chi connectivity index (χ0) is 16.8. The number of hydrogen-bond acceptors (Lipinski definition) is 2. The lowest BCUT2D eigenvalue weighted by atomic mass is 9.98. The second-order valence-corrected chi connectivity index (χ2v) is 6.40. The number of urea groups is 1. The number of nitrogens with zero attached hydrogens (tertiary/aromatic N) is 1. The van der Waals surface area contributed by atoms with Crippen molar-refractivity contribution in [1.82, 2.24) is 10.2 Å². The normalized spacial score (nSPS) is 17.5. The van der Waals surface area contributed by atoms with Gasteiger partial charge in [-0.2, -0.15) is 0 Å². The summed E-state index contributed by atoms with van der Waals surface area (Å²) in [6.45, 7) is 5.49. The molecule has 1 aromatic rings. The molecular weight excluding hydrogens is 292 g/mol. The van der Waals surface area contributed by atoms with Crippen LogP contribution in [0.4, 0.5) is 4.79 Å². The molecule has 0 radical (unpaired) electrons. The lowest BCUT2D eigenvalue weighted by molar-refractivity contribution is -0.137. The maximum atomic E-state index is 12.3. The zero-order valence-corrected chi connectivity index (χ0v) is 13.9. The van der Waals surface area contributed by atoms with Gasteiger partial charge in [-0.05, 0) is 36.3 Å². The van der Waals surface area contributed by atoms with E-state index in [-0.39, 0.29) is 18.5 Å². The minimum Gasteiger partial charge on any atom is -0.481 e. The van der Waals surface area contributed by atoms with Gasteiger partial charge in [-0.25, -0.2) is 4.79 Å². The predicted molar refractivity (Wildman–Crippen MR) is 89.5 cm³/mol. The number of likely N-dealkylation sites (tertiary alicyclic amines) is 1. The van der Waals surface area contributed by atoms with E-state index in [1.54, 1.807) is 0 Å². The number of nitrogens with one attached hydrogen (secondary N) is 1. The summed E-state index contributed by atoms with van der Waals surface area (Å²) in [5.41, 5.74) is 2.48. The average Bonchev–Trinajstić information content (AvgIpc) is 3.01. The molecule has 0 spiro atoms. The lowest BCUT2D eigenvalue weighted by Gasteiger charge is -2.25. The highest BCUT2D eigenvalue weighted by atomic mass is 16.4. The van der Waals surface area contributed by atoms with Crippen LogP contribution in [0.3, 0.4) is 0 Å². The number of carboxylic acids is 1. The van der Waals surface area contributed by atoms with Crippen LogP contribution >= 0.6 is 0 Å². The summed E-state index contributed by atoms with van der Waals surface area (Å²) in [6, 6.07) is 8.55. The molecule has 0 aliphatic carbocycles. The largest absolute Gasteiger partial charge is 0.481 e. The molecule has 5 nitrogen and oxygen atoms in total. The van der Waals surface area contributed by atoms with Crippen molar-refractivity contribution in [2.75, 3.05) is 13.1 Å². The molecule has 1 atom stereocenters. The van der Waals surface area contributed by atoms with Crippen LogP contribution in [0.1, 0.15) is 62.6 Å². The maximum Gasteiger partial charge on any atom is 0.317 e. The second kappa shape index (κ2) is 7.99. The first-order valence-electron chi connectivity index (χ1n) is 8.35. The summed E-state index contributed by atoms with van der Waals surface area (Å²) in [6.07, 6.45) is 2.52. The molecule has 0 saturated carbocycles. The van der Waals surface area contributed by atoms with Gasteiger partial charge in [0.25, 0.3) is 0 Å². The van der Waals surface area contributed by atoms with Gasteiger partial charge in [0.2, 0.25) is 0 Å². The first kappa shape index (κ1) is 17.3. The molecule has 1 aromatic carbocycles. The van der Waals surface area contributed by atoms with E-state index in [4.69, 9.17) is 5.11 Å². The fourth-order valence-electron chi connectivity index (χ4n) is 3.00. The van der Waals surface area contributed by atoms with Crippen LogP contribution in [0.2, 0.25) is 0 Å². The summed E-state index contributed by atoms with van der Waals surface area (Å²) in [7, 11) is 0. The summed E-state index contributed by atoms with van der Waals surface area (Å²) >= 11 is 0. The molecule has 1 saturated heterocycles. The third-order valence-electron chi connectivity index (χ3n) is 4.35. The summed E-state index contributed by atoms with van der Waals surface area (Å²) in [5, 5.41) is 11.5. The number of hydrogen-bond donors (Lipinski definition) is 2. The van der Waals surface area contributed by atoms with Crippen molar-refractivity contribution >= 4 is 12.0 Å². The Morgan fingerprint density at radius 1 is 1.30 bits per heavy atom. The Labute approximate surface area is 137 Å². The third kappa shape index (κ3) is 4.71. The Morgan fingerprint density at radius 2 is 2.00 bits per heavy atom. The minimum atomic E-state index is -0.830. The molecule has 126 valence electrons. The number of rotatable bonds is 6. The number of amides is 2. The number of aliphatic carboxylic acids is 1. The van der Waals surface area contributed by atoms with Crippen LogP contribution < -0.4 is 5.32 Å². The Balaban J connectivity index is 1.93. The van der Waals surface area contributed by atoms with Crippen LogP contribution in [0.5, 0.6) is 0 Å². The molecule has 1 unspecified atom stereocenters. The Bertz CT molecular complexity index is 540. The fraction of sp³-hybridized carbons (Fsp3) is 0.556. The standard InChI is InChI=1S/C18H26N2O3/c1-13(2)14-7-9-15(10-8-14)16-5-4-12-20(16)18(23)19-11-3-6-17(21)22/h7-10,13,16H,3-6,11-12H2,1-2H3,(H,19,23)(H,21,22). The highest BCUT2D eigenvalue weighted by Gasteiger charge is 2.29. The molecule has 0 bridgehead atoms. The molecule has 0 aromatic heterocycles. The van der Waals surface area contributed by atoms with E-state index < -0.39 is 5.97 Å². The van der Waals surface area contributed by atoms with Crippen molar-refractivity contribution in [1.29, 1.82) is 0 Å². The van der Waals surface area contributed by atoms with E-state index in [9.17, 15) is 9.59 Å². The van der Waals surface area contributed by atoms with Gasteiger partial charge in [-0.3, -0.25) is 4.79 Å². The van der Waals surface area contributed by atoms with E-state index in [1.165, 1.54) is 11.1 Å². The summed E-state index contributed by atoms with van der Waals surface area (Å²) in [4.78, 5) is 24.7. The maximum absolute atomic E-state index is 12.3. The van der Waals surface area contributed by atoms with Gasteiger partial charge in [0, 0.05) is 19.5 Å². The van der Waals surface area contributed by atoms with Gasteiger partial charge < -0.3 is 15.3 Å². The lowest BCUT2D eigenvalue weighted by Crippen LogP contribution is -2.40. The molecule has 2 N–H and O–H groups in total. The van der Waals surface area contributed by atoms with Crippen molar-refractivity contribution in [3.63, 3.8) is 0 Å². The highest BCUT2D eigenvalue weighted by molar-refractivity contribution is 5.75. The fourth-order valence-corrected chi connectivity index (χ4v) is 3.00. The minimum absolute atomic E-state index is 0.0837. The number of carbonyl (C=O) groups excluding carboxylic acids is 1. The topological polar surface area (TPSA) is 69.6 Å². The summed E-state index contributed by atoms with van der Waals surface area (Å²) < 4.78 is 0. The molecular formula is C18H26N2O3. The van der Waals surface area contributed by atoms with Crippen molar-refractivity contribution in [2.45, 2.75) is 51.5 Å². The van der Waals surface area contributed by atoms with Gasteiger partial charge >= 0.3 is 12.0 Å². The molecule has 1 fully saturated rings. The van der Waals surface area contributed by atoms with Crippen LogP contribution in [-0.2, 0) is 4.79 Å². The molecule has 2 amide bonds. The Kier molecular flexibility index (Phi) is 6.02. The van der Waals surface area contributed by atoms with Crippen LogP contribution in [0.15, 0.2) is 24.3 Å². The zero-order valence-electron chi connectivity index (χ0n) is 13.9. The van der Waals surface area contributed by atoms with Crippen LogP contribution in [-0.4, -0.2) is 35.1 Å². The van der Waals surface area contributed by atoms with Crippen molar-refractivity contribution in [3.05, 3.63) is 35.4 Å². The van der Waals surface area contributed by atoms with E-state index >= 15 is 0 Å². The summed E-state index contributed by atoms with van der Waals surface area (Å²) in [5.74, 6) is -0.329. The monoisotopic (exact) mass is 318 g/mol. The van der Waals surface area contributed by atoms with E-state index in [0.717, 1.165) is 19.4 Å². The number of carbonyl (C=O) groups is 2. The van der Waals surface area contributed by atoms with Gasteiger partial charge in [0.15, 0.2) is 0 Å². The Morgan fingerprint density at radius 3 is 2.61 bits per heavy atom. The van der Waals surface area contributed by atoms with Gasteiger partial charge in [-0.15, -0.1) is 0 Å². The quantitative estimate of drug-likeness (QED) is 0.788. The van der Waals surface area contributed by atoms with E-state index in [0.29, 0.717) is 18.9 Å². The highest BCUT2D eigenvalue weighted by Crippen LogP contribution is 2.32. The third-order valence-corrected chi connectivity index (χ3v) is 4.35. The first-order chi connectivity index (χ1) is 11.0. The van der Waals surface area contributed by atoms with Gasteiger partial charge in [-0.1, -0.05) is 38.1 Å². The molecule has 23 heavy (non-hydrogen) atoms. The van der Waals surface area contributed by atoms with Crippen molar-refractivity contribution in [3.8, 4) is 0 Å². The van der Waals surface area contributed by atoms with Crippen molar-refractivity contribution in [2.24, 2.45) is 0 Å². The predicted octanol–water partition coefficient (Wildman–Crippen LogP) is 3.52. The Hall–Kier alpha value is -2.04. The smallest absolute Gasteiger partial charge is 0.317 e. The molecule has 5 heteroatoms. The number of carboxylic acid groups (broad SMARTS) is 1. The van der Waals surface area contributed by atoms with E-state index in [2.05, 4.69) is 43.4 Å². The van der Waals surface area contributed by atoms with Gasteiger partial charge in [0.1, 0.15) is 0 Å². The van der Waals surface area contributed by atoms with Crippen LogP contribution in [0, 0.1) is 0 Å². The van der Waals surface area contributed by atoms with Crippen molar-refractivity contribution < 1.29 is 14.7 Å². The van der Waals surface area contributed by atoms with E-state index in [1.807, 2.05) is 4.90 Å². The molecule has 1 heterocycles. The number of benzene rings is 1. The molecule has 1 aliphatic heterocycles. The average molecular weight is 318 g/mol. The van der Waals surface area contributed by atoms with Gasteiger partial charge in [0.05, 0.1) is 6.04 Å². The van der Waals surface area contributed by atoms with Crippen LogP contribution in [0.25, 0.3) is 0 Å². The molecule has 2 rings (SSSR count). The second-order valence-electron chi connectivity index (χ2n) is 6.40.